The fourth-order valence-electron chi connectivity index (χ4n) is 2.45. The molecular weight excluding hydrogens is 332 g/mol. The number of benzene rings is 2. The number of tetrazole rings is 1. The third-order valence-corrected chi connectivity index (χ3v) is 3.86. The molecule has 0 fully saturated rings. The zero-order chi connectivity index (χ0) is 18.5. The van der Waals surface area contributed by atoms with Gasteiger partial charge in [-0.3, -0.25) is 0 Å². The number of rotatable bonds is 5. The van der Waals surface area contributed by atoms with E-state index in [9.17, 15) is 4.79 Å². The molecule has 134 valence electrons. The van der Waals surface area contributed by atoms with Gasteiger partial charge in [0.2, 0.25) is 0 Å². The molecule has 3 aromatic rings. The quantitative estimate of drug-likeness (QED) is 0.736. The summed E-state index contributed by atoms with van der Waals surface area (Å²) in [7, 11) is 1.57. The average molecular weight is 352 g/mol. The van der Waals surface area contributed by atoms with Gasteiger partial charge in [-0.2, -0.15) is 4.68 Å². The Hall–Kier alpha value is -3.42. The maximum atomic E-state index is 12.2. The van der Waals surface area contributed by atoms with Crippen molar-refractivity contribution in [3.8, 4) is 11.4 Å². The van der Waals surface area contributed by atoms with Crippen LogP contribution >= 0.6 is 0 Å². The lowest BCUT2D eigenvalue weighted by Gasteiger charge is -2.12. The van der Waals surface area contributed by atoms with E-state index in [1.54, 1.807) is 36.9 Å². The molecule has 0 saturated carbocycles. The highest BCUT2D eigenvalue weighted by atomic mass is 16.5. The molecule has 0 aliphatic heterocycles. The number of nitrogens with zero attached hydrogens (tertiary/aromatic N) is 4. The van der Waals surface area contributed by atoms with Crippen molar-refractivity contribution in [1.29, 1.82) is 0 Å². The highest BCUT2D eigenvalue weighted by Gasteiger charge is 2.12. The van der Waals surface area contributed by atoms with E-state index in [4.69, 9.17) is 4.74 Å². The summed E-state index contributed by atoms with van der Waals surface area (Å²) in [5, 5.41) is 17.1. The van der Waals surface area contributed by atoms with Gasteiger partial charge in [0.25, 0.3) is 0 Å². The van der Waals surface area contributed by atoms with Crippen LogP contribution in [0.1, 0.15) is 17.0 Å². The van der Waals surface area contributed by atoms with Crippen molar-refractivity contribution >= 4 is 11.7 Å². The van der Waals surface area contributed by atoms with Gasteiger partial charge in [0, 0.05) is 12.2 Å². The maximum Gasteiger partial charge on any atom is 0.319 e. The van der Waals surface area contributed by atoms with Crippen LogP contribution in [-0.2, 0) is 6.54 Å². The lowest BCUT2D eigenvalue weighted by atomic mass is 10.1. The van der Waals surface area contributed by atoms with Gasteiger partial charge in [0.1, 0.15) is 11.4 Å². The van der Waals surface area contributed by atoms with Crippen LogP contribution in [0.15, 0.2) is 42.5 Å². The van der Waals surface area contributed by atoms with Gasteiger partial charge in [-0.25, -0.2) is 4.79 Å². The predicted octanol–water partition coefficient (Wildman–Crippen LogP) is 2.61. The van der Waals surface area contributed by atoms with Crippen molar-refractivity contribution in [3.63, 3.8) is 0 Å². The molecule has 0 radical (unpaired) electrons. The number of aromatic nitrogens is 4. The summed E-state index contributed by atoms with van der Waals surface area (Å²) in [5.74, 6) is 1.22. The maximum absolute atomic E-state index is 12.2. The zero-order valence-corrected chi connectivity index (χ0v) is 14.9. The first kappa shape index (κ1) is 17.4. The molecule has 0 atom stereocenters. The summed E-state index contributed by atoms with van der Waals surface area (Å²) in [6.45, 7) is 4.26. The van der Waals surface area contributed by atoms with Gasteiger partial charge in [-0.1, -0.05) is 29.8 Å². The minimum Gasteiger partial charge on any atom is -0.494 e. The van der Waals surface area contributed by atoms with E-state index in [0.717, 1.165) is 5.56 Å². The summed E-state index contributed by atoms with van der Waals surface area (Å²) in [5.41, 5.74) is 3.47. The van der Waals surface area contributed by atoms with Crippen LogP contribution in [0.5, 0.6) is 5.75 Å². The molecule has 8 heteroatoms. The van der Waals surface area contributed by atoms with Crippen molar-refractivity contribution in [1.82, 2.24) is 25.5 Å². The van der Waals surface area contributed by atoms with E-state index in [-0.39, 0.29) is 6.03 Å². The summed E-state index contributed by atoms with van der Waals surface area (Å²) in [6, 6.07) is 13.0. The standard InChI is InChI=1S/C18H20N6O2/c1-12-4-6-14(7-5-12)11-19-18(25)20-15-8-9-17(26-3)16(10-15)24-13(2)21-22-23-24/h4-10H,11H2,1-3H3,(H2,19,20,25). The van der Waals surface area contributed by atoms with Crippen LogP contribution in [0.3, 0.4) is 0 Å². The van der Waals surface area contributed by atoms with Gasteiger partial charge >= 0.3 is 6.03 Å². The monoisotopic (exact) mass is 352 g/mol. The summed E-state index contributed by atoms with van der Waals surface area (Å²) in [6.07, 6.45) is 0. The van der Waals surface area contributed by atoms with Gasteiger partial charge in [0.05, 0.1) is 7.11 Å². The first-order valence-corrected chi connectivity index (χ1v) is 8.10. The van der Waals surface area contributed by atoms with Gasteiger partial charge in [-0.05, 0) is 48.0 Å². The van der Waals surface area contributed by atoms with Gasteiger partial charge < -0.3 is 15.4 Å². The Morgan fingerprint density at radius 2 is 1.92 bits per heavy atom. The second kappa shape index (κ2) is 7.64. The second-order valence-electron chi connectivity index (χ2n) is 5.82. The Kier molecular flexibility index (Phi) is 5.12. The number of hydrogen-bond acceptors (Lipinski definition) is 5. The molecular formula is C18H20N6O2. The second-order valence-corrected chi connectivity index (χ2v) is 5.82. The Balaban J connectivity index is 1.70. The van der Waals surface area contributed by atoms with E-state index in [1.165, 1.54) is 5.56 Å². The summed E-state index contributed by atoms with van der Waals surface area (Å²) >= 11 is 0. The van der Waals surface area contributed by atoms with E-state index in [1.807, 2.05) is 31.2 Å². The van der Waals surface area contributed by atoms with Crippen molar-refractivity contribution in [2.24, 2.45) is 0 Å². The van der Waals surface area contributed by atoms with Crippen LogP contribution in [0.25, 0.3) is 5.69 Å². The van der Waals surface area contributed by atoms with E-state index >= 15 is 0 Å². The molecule has 2 N–H and O–H groups in total. The number of amides is 2. The lowest BCUT2D eigenvalue weighted by molar-refractivity contribution is 0.251. The Labute approximate surface area is 151 Å². The van der Waals surface area contributed by atoms with Crippen molar-refractivity contribution < 1.29 is 9.53 Å². The molecule has 0 aliphatic rings. The van der Waals surface area contributed by atoms with Crippen LogP contribution in [0.2, 0.25) is 0 Å². The van der Waals surface area contributed by atoms with Crippen LogP contribution in [0, 0.1) is 13.8 Å². The zero-order valence-electron chi connectivity index (χ0n) is 14.9. The van der Waals surface area contributed by atoms with Gasteiger partial charge in [-0.15, -0.1) is 5.10 Å². The molecule has 0 spiro atoms. The fourth-order valence-corrected chi connectivity index (χ4v) is 2.45. The van der Waals surface area contributed by atoms with Crippen LogP contribution in [0.4, 0.5) is 10.5 Å². The molecule has 26 heavy (non-hydrogen) atoms. The third-order valence-electron chi connectivity index (χ3n) is 3.86. The molecule has 0 aliphatic carbocycles. The minimum absolute atomic E-state index is 0.296. The number of anilines is 1. The predicted molar refractivity (Wildman–Crippen MR) is 97.5 cm³/mol. The highest BCUT2D eigenvalue weighted by molar-refractivity contribution is 5.89. The lowest BCUT2D eigenvalue weighted by Crippen LogP contribution is -2.28. The van der Waals surface area contributed by atoms with E-state index in [2.05, 4.69) is 26.2 Å². The van der Waals surface area contributed by atoms with E-state index in [0.29, 0.717) is 29.5 Å². The normalized spacial score (nSPS) is 10.4. The molecule has 0 saturated heterocycles. The van der Waals surface area contributed by atoms with Crippen LogP contribution in [-0.4, -0.2) is 33.3 Å². The number of ether oxygens (including phenoxy) is 1. The Bertz CT molecular complexity index is 904. The molecule has 0 unspecified atom stereocenters. The SMILES string of the molecule is COc1ccc(NC(=O)NCc2ccc(C)cc2)cc1-n1nnnc1C. The third kappa shape index (κ3) is 3.97. The molecule has 1 aromatic heterocycles. The summed E-state index contributed by atoms with van der Waals surface area (Å²) in [4.78, 5) is 12.2. The first-order chi connectivity index (χ1) is 12.6. The molecule has 2 aromatic carbocycles. The number of carbonyl (C=O) groups excluding carboxylic acids is 1. The Morgan fingerprint density at radius 1 is 1.15 bits per heavy atom. The molecule has 0 bridgehead atoms. The minimum atomic E-state index is -0.296. The molecule has 1 heterocycles. The molecule has 8 nitrogen and oxygen atoms in total. The smallest absolute Gasteiger partial charge is 0.319 e. The Morgan fingerprint density at radius 3 is 2.58 bits per heavy atom. The average Bonchev–Trinajstić information content (AvgIpc) is 3.07. The highest BCUT2D eigenvalue weighted by Crippen LogP contribution is 2.26. The van der Waals surface area contributed by atoms with Crippen LogP contribution < -0.4 is 15.4 Å². The topological polar surface area (TPSA) is 94.0 Å². The first-order valence-electron chi connectivity index (χ1n) is 8.10. The van der Waals surface area contributed by atoms with E-state index < -0.39 is 0 Å². The largest absolute Gasteiger partial charge is 0.494 e. The number of urea groups is 1. The molecule has 2 amide bonds. The number of aryl methyl sites for hydroxylation is 2. The van der Waals surface area contributed by atoms with Crippen molar-refractivity contribution in [2.75, 3.05) is 12.4 Å². The number of carbonyl (C=O) groups is 1. The molecule has 3 rings (SSSR count). The van der Waals surface area contributed by atoms with Gasteiger partial charge in [0.15, 0.2) is 5.82 Å². The van der Waals surface area contributed by atoms with Crippen molar-refractivity contribution in [3.05, 3.63) is 59.4 Å². The number of hydrogen-bond donors (Lipinski definition) is 2. The number of methoxy groups -OCH3 is 1. The fraction of sp³-hybridized carbons (Fsp3) is 0.222. The summed E-state index contributed by atoms with van der Waals surface area (Å²) < 4.78 is 6.90. The van der Waals surface area contributed by atoms with Crippen molar-refractivity contribution in [2.45, 2.75) is 20.4 Å². The number of nitrogens with one attached hydrogen (secondary N) is 2.